The van der Waals surface area contributed by atoms with Crippen LogP contribution in [0, 0.1) is 35.2 Å². The Morgan fingerprint density at radius 3 is 2.53 bits per heavy atom. The molecule has 2 aliphatic heterocycles. The molecule has 160 valence electrons. The van der Waals surface area contributed by atoms with E-state index in [4.69, 9.17) is 4.74 Å². The highest BCUT2D eigenvalue weighted by molar-refractivity contribution is 5.60. The van der Waals surface area contributed by atoms with Crippen LogP contribution in [-0.4, -0.2) is 54.0 Å². The SMILES string of the molecule is Fc1cc(F)c(F)c(-c2ccc(NC3C[C@@H]4CN(C[C@@H]5CCOC5)C[C@@H]4C3)nn2)c1. The van der Waals surface area contributed by atoms with Crippen molar-refractivity contribution in [1.29, 1.82) is 0 Å². The first-order valence-electron chi connectivity index (χ1n) is 10.6. The zero-order chi connectivity index (χ0) is 20.7. The Bertz CT molecular complexity index is 890. The number of hydrogen-bond donors (Lipinski definition) is 1. The van der Waals surface area contributed by atoms with Gasteiger partial charge in [-0.3, -0.25) is 0 Å². The summed E-state index contributed by atoms with van der Waals surface area (Å²) in [5, 5.41) is 11.5. The summed E-state index contributed by atoms with van der Waals surface area (Å²) < 4.78 is 46.3. The highest BCUT2D eigenvalue weighted by Crippen LogP contribution is 2.39. The lowest BCUT2D eigenvalue weighted by molar-refractivity contribution is 0.171. The fourth-order valence-corrected chi connectivity index (χ4v) is 5.26. The second-order valence-corrected chi connectivity index (χ2v) is 8.83. The molecule has 0 bridgehead atoms. The van der Waals surface area contributed by atoms with Crippen LogP contribution in [0.25, 0.3) is 11.3 Å². The number of aromatic nitrogens is 2. The van der Waals surface area contributed by atoms with E-state index >= 15 is 0 Å². The lowest BCUT2D eigenvalue weighted by atomic mass is 10.0. The smallest absolute Gasteiger partial charge is 0.168 e. The van der Waals surface area contributed by atoms with Gasteiger partial charge in [0.1, 0.15) is 11.6 Å². The molecule has 1 aromatic carbocycles. The molecule has 30 heavy (non-hydrogen) atoms. The lowest BCUT2D eigenvalue weighted by Crippen LogP contribution is -2.30. The third-order valence-corrected chi connectivity index (χ3v) is 6.65. The van der Waals surface area contributed by atoms with Gasteiger partial charge in [0.05, 0.1) is 12.3 Å². The first-order valence-corrected chi connectivity index (χ1v) is 10.6. The summed E-state index contributed by atoms with van der Waals surface area (Å²) in [5.41, 5.74) is -0.124. The van der Waals surface area contributed by atoms with Gasteiger partial charge in [-0.1, -0.05) is 0 Å². The molecular formula is C22H25F3N4O. The van der Waals surface area contributed by atoms with Crippen LogP contribution in [0.4, 0.5) is 19.0 Å². The average Bonchev–Trinajstić information content (AvgIpc) is 3.43. The Labute approximate surface area is 173 Å². The number of fused-ring (bicyclic) bond motifs is 1. The molecular weight excluding hydrogens is 393 g/mol. The molecule has 8 heteroatoms. The van der Waals surface area contributed by atoms with Gasteiger partial charge in [-0.25, -0.2) is 13.2 Å². The molecule has 5 nitrogen and oxygen atoms in total. The quantitative estimate of drug-likeness (QED) is 0.750. The van der Waals surface area contributed by atoms with Crippen LogP contribution >= 0.6 is 0 Å². The summed E-state index contributed by atoms with van der Waals surface area (Å²) >= 11 is 0. The highest BCUT2D eigenvalue weighted by atomic mass is 19.2. The van der Waals surface area contributed by atoms with Gasteiger partial charge in [0.15, 0.2) is 11.6 Å². The summed E-state index contributed by atoms with van der Waals surface area (Å²) in [5.74, 6) is -0.531. The number of halogens is 3. The molecule has 3 heterocycles. The topological polar surface area (TPSA) is 50.3 Å². The zero-order valence-corrected chi connectivity index (χ0v) is 16.7. The van der Waals surface area contributed by atoms with E-state index in [9.17, 15) is 13.2 Å². The molecule has 4 atom stereocenters. The van der Waals surface area contributed by atoms with Crippen molar-refractivity contribution in [1.82, 2.24) is 15.1 Å². The number of rotatable bonds is 5. The van der Waals surface area contributed by atoms with Crippen molar-refractivity contribution in [3.63, 3.8) is 0 Å². The number of likely N-dealkylation sites (tertiary alicyclic amines) is 1. The summed E-state index contributed by atoms with van der Waals surface area (Å²) in [6.07, 6.45) is 3.36. The van der Waals surface area contributed by atoms with E-state index in [1.807, 2.05) is 0 Å². The molecule has 1 aromatic heterocycles. The van der Waals surface area contributed by atoms with E-state index in [0.29, 0.717) is 35.7 Å². The van der Waals surface area contributed by atoms with Crippen LogP contribution in [0.5, 0.6) is 0 Å². The van der Waals surface area contributed by atoms with Gasteiger partial charge in [-0.2, -0.15) is 0 Å². The average molecular weight is 418 g/mol. The van der Waals surface area contributed by atoms with Crippen LogP contribution in [-0.2, 0) is 4.74 Å². The van der Waals surface area contributed by atoms with E-state index in [1.54, 1.807) is 6.07 Å². The molecule has 1 saturated carbocycles. The standard InChI is InChI=1S/C22H25F3N4O/c23-16-7-18(22(25)19(24)8-16)20-1-2-21(28-27-20)26-17-5-14-10-29(11-15(14)6-17)9-13-3-4-30-12-13/h1-2,7-8,13-15,17H,3-6,9-12H2,(H,26,28)/t13-,14-,15+,17?/m0/s1. The fourth-order valence-electron chi connectivity index (χ4n) is 5.26. The van der Waals surface area contributed by atoms with Gasteiger partial charge >= 0.3 is 0 Å². The molecule has 3 aliphatic rings. The Hall–Kier alpha value is -2.19. The van der Waals surface area contributed by atoms with Gasteiger partial charge in [-0.05, 0) is 55.2 Å². The summed E-state index contributed by atoms with van der Waals surface area (Å²) in [7, 11) is 0. The molecule has 1 unspecified atom stereocenters. The Morgan fingerprint density at radius 2 is 1.87 bits per heavy atom. The van der Waals surface area contributed by atoms with Crippen molar-refractivity contribution in [3.05, 3.63) is 41.7 Å². The maximum atomic E-state index is 14.0. The minimum absolute atomic E-state index is 0.103. The van der Waals surface area contributed by atoms with Gasteiger partial charge in [0.25, 0.3) is 0 Å². The Balaban J connectivity index is 1.17. The van der Waals surface area contributed by atoms with E-state index < -0.39 is 17.5 Å². The summed E-state index contributed by atoms with van der Waals surface area (Å²) in [6, 6.07) is 5.00. The van der Waals surface area contributed by atoms with Crippen LogP contribution < -0.4 is 5.32 Å². The molecule has 3 fully saturated rings. The third kappa shape index (κ3) is 4.03. The predicted molar refractivity (Wildman–Crippen MR) is 106 cm³/mol. The van der Waals surface area contributed by atoms with Crippen molar-refractivity contribution >= 4 is 5.82 Å². The number of anilines is 1. The van der Waals surface area contributed by atoms with Crippen LogP contribution in [0.1, 0.15) is 19.3 Å². The number of nitrogens with one attached hydrogen (secondary N) is 1. The zero-order valence-electron chi connectivity index (χ0n) is 16.7. The molecule has 0 spiro atoms. The fraction of sp³-hybridized carbons (Fsp3) is 0.545. The molecule has 1 N–H and O–H groups in total. The van der Waals surface area contributed by atoms with Crippen molar-refractivity contribution in [2.75, 3.05) is 38.2 Å². The van der Waals surface area contributed by atoms with Crippen LogP contribution in [0.3, 0.4) is 0 Å². The third-order valence-electron chi connectivity index (χ3n) is 6.65. The highest BCUT2D eigenvalue weighted by Gasteiger charge is 2.41. The van der Waals surface area contributed by atoms with E-state index in [0.717, 1.165) is 51.8 Å². The molecule has 2 aromatic rings. The molecule has 2 saturated heterocycles. The molecule has 0 radical (unpaired) electrons. The van der Waals surface area contributed by atoms with Crippen molar-refractivity contribution in [3.8, 4) is 11.3 Å². The van der Waals surface area contributed by atoms with Crippen LogP contribution in [0.15, 0.2) is 24.3 Å². The summed E-state index contributed by atoms with van der Waals surface area (Å²) in [4.78, 5) is 2.59. The number of ether oxygens (including phenoxy) is 1. The summed E-state index contributed by atoms with van der Waals surface area (Å²) in [6.45, 7) is 5.24. The molecule has 0 amide bonds. The van der Waals surface area contributed by atoms with E-state index in [2.05, 4.69) is 20.4 Å². The predicted octanol–water partition coefficient (Wildman–Crippen LogP) is 3.72. The second-order valence-electron chi connectivity index (χ2n) is 8.83. The van der Waals surface area contributed by atoms with Crippen molar-refractivity contribution in [2.45, 2.75) is 25.3 Å². The van der Waals surface area contributed by atoms with E-state index in [-0.39, 0.29) is 11.3 Å². The normalized spacial score (nSPS) is 28.8. The van der Waals surface area contributed by atoms with Gasteiger partial charge in [-0.15, -0.1) is 10.2 Å². The first-order chi connectivity index (χ1) is 14.5. The van der Waals surface area contributed by atoms with Gasteiger partial charge in [0, 0.05) is 43.9 Å². The maximum absolute atomic E-state index is 14.0. The maximum Gasteiger partial charge on any atom is 0.168 e. The molecule has 1 aliphatic carbocycles. The first kappa shape index (κ1) is 19.8. The number of benzene rings is 1. The minimum Gasteiger partial charge on any atom is -0.381 e. The lowest BCUT2D eigenvalue weighted by Gasteiger charge is -2.22. The second kappa shape index (κ2) is 8.15. The van der Waals surface area contributed by atoms with E-state index in [1.165, 1.54) is 12.5 Å². The monoisotopic (exact) mass is 418 g/mol. The van der Waals surface area contributed by atoms with Crippen molar-refractivity contribution in [2.24, 2.45) is 17.8 Å². The Morgan fingerprint density at radius 1 is 1.07 bits per heavy atom. The molecule has 5 rings (SSSR count). The van der Waals surface area contributed by atoms with Crippen LogP contribution in [0.2, 0.25) is 0 Å². The van der Waals surface area contributed by atoms with Gasteiger partial charge < -0.3 is 15.0 Å². The minimum atomic E-state index is -1.24. The number of hydrogen-bond acceptors (Lipinski definition) is 5. The Kier molecular flexibility index (Phi) is 5.37. The van der Waals surface area contributed by atoms with Crippen molar-refractivity contribution < 1.29 is 17.9 Å². The number of nitrogens with zero attached hydrogens (tertiary/aromatic N) is 3. The largest absolute Gasteiger partial charge is 0.381 e. The van der Waals surface area contributed by atoms with Gasteiger partial charge in [0.2, 0.25) is 0 Å².